The molecule has 1 atom stereocenters. The highest BCUT2D eigenvalue weighted by atomic mass is 127. The summed E-state index contributed by atoms with van der Waals surface area (Å²) in [4.78, 5) is 9.87. The molecule has 0 spiro atoms. The maximum atomic E-state index is 4.81. The zero-order valence-corrected chi connectivity index (χ0v) is 19.7. The monoisotopic (exact) mass is 467 g/mol. The molecule has 1 saturated heterocycles. The topological polar surface area (TPSA) is 42.9 Å². The van der Waals surface area contributed by atoms with Crippen LogP contribution in [0.3, 0.4) is 0 Å². The molecule has 0 aromatic carbocycles. The Morgan fingerprint density at radius 2 is 1.84 bits per heavy atom. The lowest BCUT2D eigenvalue weighted by Crippen LogP contribution is -2.41. The van der Waals surface area contributed by atoms with Gasteiger partial charge < -0.3 is 15.5 Å². The minimum atomic E-state index is 0. The summed E-state index contributed by atoms with van der Waals surface area (Å²) in [5.41, 5.74) is 0. The van der Waals surface area contributed by atoms with Crippen LogP contribution in [-0.2, 0) is 0 Å². The maximum Gasteiger partial charge on any atom is 0.191 e. The lowest BCUT2D eigenvalue weighted by molar-refractivity contribution is 0.173. The number of likely N-dealkylation sites (tertiary alicyclic amines) is 1. The molecule has 1 rings (SSSR count). The molecule has 1 aliphatic heterocycles. The van der Waals surface area contributed by atoms with Crippen LogP contribution >= 0.6 is 24.0 Å². The normalized spacial score (nSPS) is 18.9. The Kier molecular flexibility index (Phi) is 14.0. The largest absolute Gasteiger partial charge is 0.357 e. The summed E-state index contributed by atoms with van der Waals surface area (Å²) in [6.45, 7) is 21.1. The molecule has 1 aliphatic rings. The Labute approximate surface area is 173 Å². The van der Waals surface area contributed by atoms with Gasteiger partial charge in [-0.2, -0.15) is 0 Å². The highest BCUT2D eigenvalue weighted by Crippen LogP contribution is 2.15. The van der Waals surface area contributed by atoms with Crippen LogP contribution in [0, 0.1) is 5.92 Å². The van der Waals surface area contributed by atoms with E-state index in [9.17, 15) is 0 Å². The SMILES string of the molecule is CCNC(=NCC1CCN(CC)C1)NCCCN(C(C)C)C(C)C.I. The van der Waals surface area contributed by atoms with Gasteiger partial charge in [-0.15, -0.1) is 24.0 Å². The third kappa shape index (κ3) is 9.99. The molecule has 0 radical (unpaired) electrons. The summed E-state index contributed by atoms with van der Waals surface area (Å²) in [6.07, 6.45) is 2.43. The lowest BCUT2D eigenvalue weighted by Gasteiger charge is -2.30. The van der Waals surface area contributed by atoms with Gasteiger partial charge in [0.05, 0.1) is 0 Å². The van der Waals surface area contributed by atoms with Crippen LogP contribution in [0.25, 0.3) is 0 Å². The van der Waals surface area contributed by atoms with E-state index in [4.69, 9.17) is 4.99 Å². The van der Waals surface area contributed by atoms with Crippen molar-refractivity contribution in [3.8, 4) is 0 Å². The van der Waals surface area contributed by atoms with Crippen molar-refractivity contribution in [3.63, 3.8) is 0 Å². The molecule has 0 amide bonds. The van der Waals surface area contributed by atoms with Crippen LogP contribution in [0.4, 0.5) is 0 Å². The maximum absolute atomic E-state index is 4.81. The summed E-state index contributed by atoms with van der Waals surface area (Å²) >= 11 is 0. The van der Waals surface area contributed by atoms with E-state index in [1.165, 1.54) is 26.1 Å². The molecule has 1 fully saturated rings. The average Bonchev–Trinajstić information content (AvgIpc) is 2.99. The zero-order chi connectivity index (χ0) is 17.9. The van der Waals surface area contributed by atoms with Crippen LogP contribution in [0.2, 0.25) is 0 Å². The van der Waals surface area contributed by atoms with Gasteiger partial charge in [0, 0.05) is 44.8 Å². The van der Waals surface area contributed by atoms with Crippen molar-refractivity contribution >= 4 is 29.9 Å². The number of aliphatic imine (C=N–C) groups is 1. The van der Waals surface area contributed by atoms with Crippen molar-refractivity contribution in [1.29, 1.82) is 0 Å². The van der Waals surface area contributed by atoms with E-state index in [1.54, 1.807) is 0 Å². The first-order valence-electron chi connectivity index (χ1n) is 9.98. The molecule has 1 unspecified atom stereocenters. The second-order valence-corrected chi connectivity index (χ2v) is 7.47. The molecule has 6 heteroatoms. The fourth-order valence-electron chi connectivity index (χ4n) is 3.49. The van der Waals surface area contributed by atoms with E-state index in [2.05, 4.69) is 62.0 Å². The summed E-state index contributed by atoms with van der Waals surface area (Å²) in [6, 6.07) is 1.21. The van der Waals surface area contributed by atoms with Crippen LogP contribution < -0.4 is 10.6 Å². The first kappa shape index (κ1) is 24.9. The Morgan fingerprint density at radius 3 is 2.36 bits per heavy atom. The number of nitrogens with zero attached hydrogens (tertiary/aromatic N) is 3. The van der Waals surface area contributed by atoms with Gasteiger partial charge in [0.1, 0.15) is 0 Å². The summed E-state index contributed by atoms with van der Waals surface area (Å²) in [5, 5.41) is 6.88. The van der Waals surface area contributed by atoms with Gasteiger partial charge in [-0.05, 0) is 66.5 Å². The summed E-state index contributed by atoms with van der Waals surface area (Å²) in [5.74, 6) is 1.70. The van der Waals surface area contributed by atoms with Gasteiger partial charge >= 0.3 is 0 Å². The first-order valence-corrected chi connectivity index (χ1v) is 9.98. The van der Waals surface area contributed by atoms with Gasteiger partial charge in [-0.1, -0.05) is 6.92 Å². The number of nitrogens with one attached hydrogen (secondary N) is 2. The van der Waals surface area contributed by atoms with Gasteiger partial charge in [0.25, 0.3) is 0 Å². The first-order chi connectivity index (χ1) is 11.5. The van der Waals surface area contributed by atoms with Crippen LogP contribution in [0.15, 0.2) is 4.99 Å². The molecule has 150 valence electrons. The molecule has 0 saturated carbocycles. The van der Waals surface area contributed by atoms with E-state index in [-0.39, 0.29) is 24.0 Å². The highest BCUT2D eigenvalue weighted by Gasteiger charge is 2.20. The second-order valence-electron chi connectivity index (χ2n) is 7.47. The standard InChI is InChI=1S/C19H41N5.HI/c1-7-20-19(22-14-18-10-13-23(8-2)15-18)21-11-9-12-24(16(3)4)17(5)6;/h16-18H,7-15H2,1-6H3,(H2,20,21,22);1H. The molecule has 1 heterocycles. The predicted molar refractivity (Wildman–Crippen MR) is 121 cm³/mol. The Bertz CT molecular complexity index is 352. The third-order valence-corrected chi connectivity index (χ3v) is 4.88. The summed E-state index contributed by atoms with van der Waals surface area (Å²) in [7, 11) is 0. The van der Waals surface area contributed by atoms with Crippen molar-refractivity contribution < 1.29 is 0 Å². The fraction of sp³-hybridized carbons (Fsp3) is 0.947. The Morgan fingerprint density at radius 1 is 1.16 bits per heavy atom. The van der Waals surface area contributed by atoms with E-state index in [0.29, 0.717) is 12.1 Å². The Balaban J connectivity index is 0.00000576. The van der Waals surface area contributed by atoms with E-state index >= 15 is 0 Å². The number of guanidine groups is 1. The molecule has 0 aromatic rings. The van der Waals surface area contributed by atoms with Crippen LogP contribution in [0.5, 0.6) is 0 Å². The molecule has 0 aromatic heterocycles. The predicted octanol–water partition coefficient (Wildman–Crippen LogP) is 3.01. The van der Waals surface area contributed by atoms with Crippen molar-refractivity contribution in [2.24, 2.45) is 10.9 Å². The molecule has 5 nitrogen and oxygen atoms in total. The molecule has 0 aliphatic carbocycles. The smallest absolute Gasteiger partial charge is 0.191 e. The lowest BCUT2D eigenvalue weighted by atomic mass is 10.1. The molecule has 2 N–H and O–H groups in total. The third-order valence-electron chi connectivity index (χ3n) is 4.88. The van der Waals surface area contributed by atoms with Crippen molar-refractivity contribution in [2.45, 2.75) is 66.5 Å². The van der Waals surface area contributed by atoms with E-state index in [0.717, 1.165) is 44.5 Å². The highest BCUT2D eigenvalue weighted by molar-refractivity contribution is 14.0. The van der Waals surface area contributed by atoms with Gasteiger partial charge in [-0.25, -0.2) is 0 Å². The number of halogens is 1. The quantitative estimate of drug-likeness (QED) is 0.224. The van der Waals surface area contributed by atoms with E-state index in [1.807, 2.05) is 0 Å². The fourth-order valence-corrected chi connectivity index (χ4v) is 3.49. The zero-order valence-electron chi connectivity index (χ0n) is 17.3. The Hall–Kier alpha value is -0.0800. The minimum Gasteiger partial charge on any atom is -0.357 e. The molecular weight excluding hydrogens is 425 g/mol. The summed E-state index contributed by atoms with van der Waals surface area (Å²) < 4.78 is 0. The van der Waals surface area contributed by atoms with Crippen molar-refractivity contribution in [3.05, 3.63) is 0 Å². The van der Waals surface area contributed by atoms with Gasteiger partial charge in [-0.3, -0.25) is 9.89 Å². The van der Waals surface area contributed by atoms with Gasteiger partial charge in [0.15, 0.2) is 5.96 Å². The van der Waals surface area contributed by atoms with Crippen molar-refractivity contribution in [2.75, 3.05) is 45.8 Å². The van der Waals surface area contributed by atoms with Gasteiger partial charge in [0.2, 0.25) is 0 Å². The molecule has 25 heavy (non-hydrogen) atoms. The minimum absolute atomic E-state index is 0. The number of hydrogen-bond donors (Lipinski definition) is 2. The van der Waals surface area contributed by atoms with E-state index < -0.39 is 0 Å². The number of hydrogen-bond acceptors (Lipinski definition) is 3. The second kappa shape index (κ2) is 14.0. The number of rotatable bonds is 10. The molecular formula is C19H42IN5. The van der Waals surface area contributed by atoms with Crippen LogP contribution in [0.1, 0.15) is 54.4 Å². The average molecular weight is 467 g/mol. The van der Waals surface area contributed by atoms with Crippen LogP contribution in [-0.4, -0.2) is 73.7 Å². The molecule has 0 bridgehead atoms. The van der Waals surface area contributed by atoms with Crippen molar-refractivity contribution in [1.82, 2.24) is 20.4 Å².